The standard InChI is InChI=1S/C24H26N2O3/c1-3-26(4-2)15-16-29-24(28)19-9-12-20(13-10-19)25-17-22-21-8-6-5-7-18(21)11-14-23(22)27/h5-14,17,27H,3-4,15-16H2,1-2H3/b25-17+. The van der Waals surface area contributed by atoms with Crippen molar-refractivity contribution >= 4 is 28.6 Å². The summed E-state index contributed by atoms with van der Waals surface area (Å²) in [7, 11) is 0. The quantitative estimate of drug-likeness (QED) is 0.443. The van der Waals surface area contributed by atoms with E-state index in [1.165, 1.54) is 0 Å². The van der Waals surface area contributed by atoms with E-state index in [1.807, 2.05) is 30.3 Å². The van der Waals surface area contributed by atoms with Gasteiger partial charge in [0.15, 0.2) is 0 Å². The molecule has 0 fully saturated rings. The fourth-order valence-electron chi connectivity index (χ4n) is 3.13. The summed E-state index contributed by atoms with van der Waals surface area (Å²) in [6, 6.07) is 18.3. The van der Waals surface area contributed by atoms with Crippen LogP contribution in [0.1, 0.15) is 29.8 Å². The number of esters is 1. The van der Waals surface area contributed by atoms with Crippen LogP contribution in [0.5, 0.6) is 5.75 Å². The van der Waals surface area contributed by atoms with E-state index in [0.717, 1.165) is 30.4 Å². The number of nitrogens with zero attached hydrogens (tertiary/aromatic N) is 2. The first kappa shape index (κ1) is 20.6. The number of phenols is 1. The molecule has 3 aromatic carbocycles. The van der Waals surface area contributed by atoms with Crippen LogP contribution in [0.15, 0.2) is 65.7 Å². The van der Waals surface area contributed by atoms with Gasteiger partial charge in [-0.05, 0) is 54.2 Å². The summed E-state index contributed by atoms with van der Waals surface area (Å²) in [4.78, 5) is 18.8. The van der Waals surface area contributed by atoms with E-state index < -0.39 is 0 Å². The Morgan fingerprint density at radius 1 is 1.03 bits per heavy atom. The summed E-state index contributed by atoms with van der Waals surface area (Å²) in [5.74, 6) is -0.153. The monoisotopic (exact) mass is 390 g/mol. The van der Waals surface area contributed by atoms with Crippen LogP contribution < -0.4 is 0 Å². The lowest BCUT2D eigenvalue weighted by Crippen LogP contribution is -2.27. The van der Waals surface area contributed by atoms with Crippen molar-refractivity contribution in [2.75, 3.05) is 26.2 Å². The molecule has 5 nitrogen and oxygen atoms in total. The molecule has 0 saturated heterocycles. The number of rotatable bonds is 8. The van der Waals surface area contributed by atoms with Crippen LogP contribution in [0.3, 0.4) is 0 Å². The van der Waals surface area contributed by atoms with Crippen LogP contribution in [-0.2, 0) is 4.74 Å². The summed E-state index contributed by atoms with van der Waals surface area (Å²) in [6.07, 6.45) is 1.65. The minimum Gasteiger partial charge on any atom is -0.507 e. The minimum atomic E-state index is -0.334. The highest BCUT2D eigenvalue weighted by Gasteiger charge is 2.08. The Hall–Kier alpha value is -3.18. The number of carbonyl (C=O) groups is 1. The van der Waals surface area contributed by atoms with Gasteiger partial charge >= 0.3 is 5.97 Å². The number of hydrogen-bond acceptors (Lipinski definition) is 5. The van der Waals surface area contributed by atoms with E-state index in [0.29, 0.717) is 23.4 Å². The van der Waals surface area contributed by atoms with Gasteiger partial charge in [0.05, 0.1) is 11.3 Å². The lowest BCUT2D eigenvalue weighted by molar-refractivity contribution is 0.0466. The maximum atomic E-state index is 12.2. The molecule has 0 radical (unpaired) electrons. The molecule has 3 aromatic rings. The molecule has 0 spiro atoms. The summed E-state index contributed by atoms with van der Waals surface area (Å²) < 4.78 is 5.34. The molecule has 29 heavy (non-hydrogen) atoms. The highest BCUT2D eigenvalue weighted by Crippen LogP contribution is 2.26. The van der Waals surface area contributed by atoms with Crippen molar-refractivity contribution in [1.29, 1.82) is 0 Å². The zero-order valence-corrected chi connectivity index (χ0v) is 16.8. The number of benzene rings is 3. The van der Waals surface area contributed by atoms with Crippen molar-refractivity contribution in [3.05, 3.63) is 71.8 Å². The molecule has 5 heteroatoms. The summed E-state index contributed by atoms with van der Waals surface area (Å²) in [6.45, 7) is 7.15. The third kappa shape index (κ3) is 5.21. The van der Waals surface area contributed by atoms with E-state index >= 15 is 0 Å². The van der Waals surface area contributed by atoms with Crippen LogP contribution in [-0.4, -0.2) is 48.4 Å². The van der Waals surface area contributed by atoms with Crippen molar-refractivity contribution in [2.45, 2.75) is 13.8 Å². The van der Waals surface area contributed by atoms with Crippen molar-refractivity contribution < 1.29 is 14.6 Å². The van der Waals surface area contributed by atoms with Crippen LogP contribution in [0.25, 0.3) is 10.8 Å². The van der Waals surface area contributed by atoms with Crippen molar-refractivity contribution in [3.63, 3.8) is 0 Å². The zero-order valence-electron chi connectivity index (χ0n) is 16.8. The highest BCUT2D eigenvalue weighted by atomic mass is 16.5. The molecule has 0 aliphatic carbocycles. The largest absolute Gasteiger partial charge is 0.507 e. The molecule has 0 aromatic heterocycles. The van der Waals surface area contributed by atoms with E-state index in [4.69, 9.17) is 4.74 Å². The highest BCUT2D eigenvalue weighted by molar-refractivity contribution is 6.03. The van der Waals surface area contributed by atoms with Crippen LogP contribution in [0, 0.1) is 0 Å². The van der Waals surface area contributed by atoms with Crippen molar-refractivity contribution in [3.8, 4) is 5.75 Å². The Kier molecular flexibility index (Phi) is 6.98. The zero-order chi connectivity index (χ0) is 20.6. The number of aromatic hydroxyl groups is 1. The number of ether oxygens (including phenoxy) is 1. The number of phenolic OH excluding ortho intramolecular Hbond substituents is 1. The predicted octanol–water partition coefficient (Wildman–Crippen LogP) is 4.79. The lowest BCUT2D eigenvalue weighted by atomic mass is 10.0. The first-order valence-corrected chi connectivity index (χ1v) is 9.86. The number of carbonyl (C=O) groups excluding carboxylic acids is 1. The van der Waals surface area contributed by atoms with Gasteiger partial charge in [-0.25, -0.2) is 4.79 Å². The Balaban J connectivity index is 1.67. The van der Waals surface area contributed by atoms with Gasteiger partial charge < -0.3 is 14.7 Å². The molecule has 0 atom stereocenters. The molecular formula is C24H26N2O3. The van der Waals surface area contributed by atoms with Crippen molar-refractivity contribution in [1.82, 2.24) is 4.90 Å². The fraction of sp³-hybridized carbons (Fsp3) is 0.250. The van der Waals surface area contributed by atoms with Gasteiger partial charge in [-0.2, -0.15) is 0 Å². The Morgan fingerprint density at radius 3 is 2.48 bits per heavy atom. The normalized spacial score (nSPS) is 11.4. The lowest BCUT2D eigenvalue weighted by Gasteiger charge is -2.17. The van der Waals surface area contributed by atoms with Gasteiger partial charge in [0, 0.05) is 18.3 Å². The van der Waals surface area contributed by atoms with Crippen LogP contribution in [0.4, 0.5) is 5.69 Å². The summed E-state index contributed by atoms with van der Waals surface area (Å²) in [5, 5.41) is 12.2. The SMILES string of the molecule is CCN(CC)CCOC(=O)c1ccc(/N=C/c2c(O)ccc3ccccc23)cc1. The Morgan fingerprint density at radius 2 is 1.76 bits per heavy atom. The third-order valence-corrected chi connectivity index (χ3v) is 4.93. The molecular weight excluding hydrogens is 364 g/mol. The van der Waals surface area contributed by atoms with E-state index in [9.17, 15) is 9.90 Å². The molecule has 0 bridgehead atoms. The number of hydrogen-bond donors (Lipinski definition) is 1. The summed E-state index contributed by atoms with van der Waals surface area (Å²) >= 11 is 0. The number of fused-ring (bicyclic) bond motifs is 1. The molecule has 0 aliphatic heterocycles. The van der Waals surface area contributed by atoms with Gasteiger partial charge in [-0.3, -0.25) is 4.99 Å². The molecule has 0 heterocycles. The van der Waals surface area contributed by atoms with Gasteiger partial charge in [-0.15, -0.1) is 0 Å². The van der Waals surface area contributed by atoms with Gasteiger partial charge in [0.25, 0.3) is 0 Å². The number of likely N-dealkylation sites (N-methyl/N-ethyl adjacent to an activating group) is 1. The average molecular weight is 390 g/mol. The maximum absolute atomic E-state index is 12.2. The molecule has 0 unspecified atom stereocenters. The first-order chi connectivity index (χ1) is 14.1. The Bertz CT molecular complexity index is 993. The van der Waals surface area contributed by atoms with E-state index in [2.05, 4.69) is 23.7 Å². The first-order valence-electron chi connectivity index (χ1n) is 9.86. The predicted molar refractivity (Wildman–Crippen MR) is 117 cm³/mol. The van der Waals surface area contributed by atoms with Crippen LogP contribution in [0.2, 0.25) is 0 Å². The number of aliphatic imine (C=N–C) groups is 1. The van der Waals surface area contributed by atoms with E-state index in [-0.39, 0.29) is 11.7 Å². The van der Waals surface area contributed by atoms with Crippen LogP contribution >= 0.6 is 0 Å². The minimum absolute atomic E-state index is 0.181. The molecule has 0 aliphatic rings. The second-order valence-electron chi connectivity index (χ2n) is 6.69. The molecule has 1 N–H and O–H groups in total. The van der Waals surface area contributed by atoms with Gasteiger partial charge in [-0.1, -0.05) is 44.2 Å². The molecule has 0 amide bonds. The van der Waals surface area contributed by atoms with Gasteiger partial charge in [0.2, 0.25) is 0 Å². The molecule has 0 saturated carbocycles. The maximum Gasteiger partial charge on any atom is 0.338 e. The fourth-order valence-corrected chi connectivity index (χ4v) is 3.13. The Labute approximate surface area is 171 Å². The van der Waals surface area contributed by atoms with E-state index in [1.54, 1.807) is 36.5 Å². The average Bonchev–Trinajstić information content (AvgIpc) is 2.76. The topological polar surface area (TPSA) is 62.1 Å². The second-order valence-corrected chi connectivity index (χ2v) is 6.69. The summed E-state index contributed by atoms with van der Waals surface area (Å²) in [5.41, 5.74) is 1.86. The molecule has 150 valence electrons. The second kappa shape index (κ2) is 9.85. The van der Waals surface area contributed by atoms with Crippen molar-refractivity contribution in [2.24, 2.45) is 4.99 Å². The third-order valence-electron chi connectivity index (χ3n) is 4.93. The molecule has 3 rings (SSSR count). The van der Waals surface area contributed by atoms with Gasteiger partial charge in [0.1, 0.15) is 12.4 Å². The smallest absolute Gasteiger partial charge is 0.338 e.